The van der Waals surface area contributed by atoms with Crippen LogP contribution in [0.4, 0.5) is 5.82 Å². The van der Waals surface area contributed by atoms with Crippen LogP contribution >= 0.6 is 0 Å². The van der Waals surface area contributed by atoms with Gasteiger partial charge in [0, 0.05) is 6.04 Å². The Balaban J connectivity index is 2.96. The zero-order valence-electron chi connectivity index (χ0n) is 9.70. The second-order valence-corrected chi connectivity index (χ2v) is 3.93. The summed E-state index contributed by atoms with van der Waals surface area (Å²) in [5.41, 5.74) is 13.2. The zero-order valence-corrected chi connectivity index (χ0v) is 9.70. The van der Waals surface area contributed by atoms with Crippen LogP contribution in [0, 0.1) is 0 Å². The molecule has 0 saturated heterocycles. The first-order valence-electron chi connectivity index (χ1n) is 5.36. The second kappa shape index (κ2) is 4.87. The number of imidazole rings is 1. The van der Waals surface area contributed by atoms with Crippen LogP contribution in [0.3, 0.4) is 0 Å². The lowest BCUT2D eigenvalue weighted by Crippen LogP contribution is -2.07. The molecule has 0 aromatic carbocycles. The number of aromatic nitrogens is 2. The largest absolute Gasteiger partial charge is 0.397 e. The Morgan fingerprint density at radius 2 is 2.27 bits per heavy atom. The summed E-state index contributed by atoms with van der Waals surface area (Å²) < 4.78 is 1.92. The van der Waals surface area contributed by atoms with E-state index in [2.05, 4.69) is 25.8 Å². The van der Waals surface area contributed by atoms with Crippen LogP contribution in [0.1, 0.15) is 45.3 Å². The molecule has 1 aromatic rings. The number of unbranched alkanes of at least 4 members (excludes halogenated alkanes) is 1. The smallest absolute Gasteiger partial charge is 0.133 e. The maximum atomic E-state index is 5.96. The van der Waals surface area contributed by atoms with E-state index in [9.17, 15) is 0 Å². The normalized spacial score (nSPS) is 12.4. The lowest BCUT2D eigenvalue weighted by Gasteiger charge is -2.08. The van der Waals surface area contributed by atoms with Crippen LogP contribution in [0.2, 0.25) is 0 Å². The molecule has 1 heterocycles. The van der Waals surface area contributed by atoms with Crippen molar-refractivity contribution in [3.05, 3.63) is 18.1 Å². The number of hydrogen-bond acceptors (Lipinski definition) is 3. The second-order valence-electron chi connectivity index (χ2n) is 3.93. The van der Waals surface area contributed by atoms with Crippen LogP contribution in [-0.4, -0.2) is 9.55 Å². The van der Waals surface area contributed by atoms with Gasteiger partial charge < -0.3 is 16.0 Å². The van der Waals surface area contributed by atoms with E-state index in [0.29, 0.717) is 23.3 Å². The third-order valence-electron chi connectivity index (χ3n) is 2.31. The van der Waals surface area contributed by atoms with E-state index in [1.165, 1.54) is 0 Å². The molecule has 0 saturated carbocycles. The fourth-order valence-corrected chi connectivity index (χ4v) is 1.40. The summed E-state index contributed by atoms with van der Waals surface area (Å²) in [6.45, 7) is 6.24. The quantitative estimate of drug-likeness (QED) is 0.796. The summed E-state index contributed by atoms with van der Waals surface area (Å²) in [5.74, 6) is 0.648. The van der Waals surface area contributed by atoms with Gasteiger partial charge >= 0.3 is 0 Å². The third kappa shape index (κ3) is 2.52. The number of anilines is 1. The van der Waals surface area contributed by atoms with E-state index >= 15 is 0 Å². The molecule has 0 fully saturated rings. The number of rotatable bonds is 4. The van der Waals surface area contributed by atoms with Crippen molar-refractivity contribution in [2.75, 3.05) is 5.73 Å². The molecular formula is C11H20N4. The zero-order chi connectivity index (χ0) is 11.4. The number of nitrogen functional groups attached to an aromatic ring is 1. The molecule has 0 amide bonds. The molecule has 0 spiro atoms. The molecule has 0 unspecified atom stereocenters. The van der Waals surface area contributed by atoms with Gasteiger partial charge in [0.05, 0.1) is 12.0 Å². The molecule has 1 rings (SSSR count). The van der Waals surface area contributed by atoms with Crippen molar-refractivity contribution in [1.82, 2.24) is 9.55 Å². The molecule has 0 radical (unpaired) electrons. The molecule has 0 atom stereocenters. The van der Waals surface area contributed by atoms with Gasteiger partial charge in [-0.1, -0.05) is 19.4 Å². The molecule has 0 bridgehead atoms. The fraction of sp³-hybridized carbons (Fsp3) is 0.545. The Kier molecular flexibility index (Phi) is 3.77. The summed E-state index contributed by atoms with van der Waals surface area (Å²) in [5, 5.41) is 0. The first kappa shape index (κ1) is 11.6. The fourth-order valence-electron chi connectivity index (χ4n) is 1.40. The average molecular weight is 208 g/mol. The van der Waals surface area contributed by atoms with Gasteiger partial charge in [-0.05, 0) is 20.3 Å². The molecule has 0 aliphatic rings. The highest BCUT2D eigenvalue weighted by Crippen LogP contribution is 2.20. The molecule has 4 heteroatoms. The summed E-state index contributed by atoms with van der Waals surface area (Å²) in [6.07, 6.45) is 5.75. The van der Waals surface area contributed by atoms with Crippen molar-refractivity contribution in [3.63, 3.8) is 0 Å². The van der Waals surface area contributed by atoms with Crippen LogP contribution in [0.5, 0.6) is 0 Å². The number of hydrogen-bond donors (Lipinski definition) is 2. The number of allylic oxidation sites excluding steroid dienone is 1. The van der Waals surface area contributed by atoms with E-state index in [4.69, 9.17) is 11.5 Å². The number of nitrogens with two attached hydrogens (primary N) is 2. The Labute approximate surface area is 91.0 Å². The van der Waals surface area contributed by atoms with Crippen molar-refractivity contribution in [2.24, 2.45) is 5.73 Å². The standard InChI is InChI=1S/C11H20N4/c1-4-5-6-9(12)10-11(13)15(7-14-10)8(2)3/h6-8H,4-5,12-13H2,1-3H3/b9-6+. The summed E-state index contributed by atoms with van der Waals surface area (Å²) in [4.78, 5) is 4.23. The maximum Gasteiger partial charge on any atom is 0.133 e. The minimum atomic E-state index is 0.310. The van der Waals surface area contributed by atoms with E-state index in [0.717, 1.165) is 12.8 Å². The van der Waals surface area contributed by atoms with Gasteiger partial charge in [-0.2, -0.15) is 0 Å². The van der Waals surface area contributed by atoms with Crippen LogP contribution in [0.15, 0.2) is 12.4 Å². The Bertz CT molecular complexity index is 349. The van der Waals surface area contributed by atoms with Gasteiger partial charge in [-0.15, -0.1) is 0 Å². The van der Waals surface area contributed by atoms with Crippen molar-refractivity contribution in [1.29, 1.82) is 0 Å². The Morgan fingerprint density at radius 1 is 1.60 bits per heavy atom. The maximum absolute atomic E-state index is 5.96. The molecule has 84 valence electrons. The van der Waals surface area contributed by atoms with Crippen molar-refractivity contribution < 1.29 is 0 Å². The van der Waals surface area contributed by atoms with E-state index < -0.39 is 0 Å². The number of nitrogens with zero attached hydrogens (tertiary/aromatic N) is 2. The Morgan fingerprint density at radius 3 is 2.73 bits per heavy atom. The van der Waals surface area contributed by atoms with Crippen LogP contribution < -0.4 is 11.5 Å². The average Bonchev–Trinajstić information content (AvgIpc) is 2.56. The predicted octanol–water partition coefficient (Wildman–Crippen LogP) is 2.15. The highest BCUT2D eigenvalue weighted by molar-refractivity contribution is 5.68. The topological polar surface area (TPSA) is 69.9 Å². The van der Waals surface area contributed by atoms with E-state index in [-0.39, 0.29) is 0 Å². The third-order valence-corrected chi connectivity index (χ3v) is 2.31. The SMILES string of the molecule is CCC/C=C(/N)c1ncn(C(C)C)c1N. The lowest BCUT2D eigenvalue weighted by molar-refractivity contribution is 0.607. The van der Waals surface area contributed by atoms with Gasteiger partial charge in [-0.25, -0.2) is 4.98 Å². The van der Waals surface area contributed by atoms with Gasteiger partial charge in [0.1, 0.15) is 11.5 Å². The molecule has 0 aliphatic carbocycles. The summed E-state index contributed by atoms with van der Waals surface area (Å²) >= 11 is 0. The van der Waals surface area contributed by atoms with Gasteiger partial charge in [0.15, 0.2) is 0 Å². The van der Waals surface area contributed by atoms with E-state index in [1.807, 2.05) is 10.6 Å². The molecule has 4 N–H and O–H groups in total. The Hall–Kier alpha value is -1.45. The lowest BCUT2D eigenvalue weighted by atomic mass is 10.2. The van der Waals surface area contributed by atoms with Gasteiger partial charge in [0.2, 0.25) is 0 Å². The monoisotopic (exact) mass is 208 g/mol. The first-order chi connectivity index (χ1) is 7.07. The minimum Gasteiger partial charge on any atom is -0.397 e. The van der Waals surface area contributed by atoms with Crippen molar-refractivity contribution >= 4 is 11.5 Å². The molecule has 1 aromatic heterocycles. The molecule has 0 aliphatic heterocycles. The van der Waals surface area contributed by atoms with Gasteiger partial charge in [-0.3, -0.25) is 0 Å². The first-order valence-corrected chi connectivity index (χ1v) is 5.36. The minimum absolute atomic E-state index is 0.310. The van der Waals surface area contributed by atoms with Crippen LogP contribution in [-0.2, 0) is 0 Å². The predicted molar refractivity (Wildman–Crippen MR) is 64.1 cm³/mol. The van der Waals surface area contributed by atoms with Gasteiger partial charge in [0.25, 0.3) is 0 Å². The summed E-state index contributed by atoms with van der Waals surface area (Å²) in [6, 6.07) is 0.310. The molecular weight excluding hydrogens is 188 g/mol. The highest BCUT2D eigenvalue weighted by Gasteiger charge is 2.11. The molecule has 4 nitrogen and oxygen atoms in total. The van der Waals surface area contributed by atoms with Crippen molar-refractivity contribution in [3.8, 4) is 0 Å². The van der Waals surface area contributed by atoms with Crippen LogP contribution in [0.25, 0.3) is 5.70 Å². The van der Waals surface area contributed by atoms with Crippen molar-refractivity contribution in [2.45, 2.75) is 39.7 Å². The van der Waals surface area contributed by atoms with E-state index in [1.54, 1.807) is 6.33 Å². The highest BCUT2D eigenvalue weighted by atomic mass is 15.1. The molecule has 15 heavy (non-hydrogen) atoms. The summed E-state index contributed by atoms with van der Waals surface area (Å²) in [7, 11) is 0.